The Balaban J connectivity index is 1.60. The van der Waals surface area contributed by atoms with E-state index in [9.17, 15) is 0 Å². The Hall–Kier alpha value is -4.34. The van der Waals surface area contributed by atoms with Crippen molar-refractivity contribution in [3.63, 3.8) is 0 Å². The highest BCUT2D eigenvalue weighted by atomic mass is 16.5. The Kier molecular flexibility index (Phi) is 4.51. The predicted molar refractivity (Wildman–Crippen MR) is 113 cm³/mol. The van der Waals surface area contributed by atoms with E-state index in [1.807, 2.05) is 25.2 Å². The third kappa shape index (κ3) is 3.54. The number of anilines is 2. The van der Waals surface area contributed by atoms with Gasteiger partial charge in [-0.1, -0.05) is 12.1 Å². The first kappa shape index (κ1) is 18.7. The van der Waals surface area contributed by atoms with E-state index in [-0.39, 0.29) is 12.0 Å². The van der Waals surface area contributed by atoms with E-state index in [0.29, 0.717) is 29.6 Å². The third-order valence-corrected chi connectivity index (χ3v) is 4.82. The smallest absolute Gasteiger partial charge is 0.325 e. The van der Waals surface area contributed by atoms with Crippen LogP contribution >= 0.6 is 0 Å². The fraction of sp³-hybridized carbons (Fsp3) is 0.143. The second-order valence-electron chi connectivity index (χ2n) is 6.84. The molecule has 0 atom stereocenters. The molecule has 1 aliphatic rings. The molecular formula is C21H18N8O2. The molecule has 31 heavy (non-hydrogen) atoms. The molecule has 0 spiro atoms. The first-order valence-electron chi connectivity index (χ1n) is 9.53. The van der Waals surface area contributed by atoms with Gasteiger partial charge in [0.25, 0.3) is 0 Å². The number of aryl methyl sites for hydroxylation is 1. The molecule has 0 saturated heterocycles. The van der Waals surface area contributed by atoms with Gasteiger partial charge in [0.05, 0.1) is 36.0 Å². The van der Waals surface area contributed by atoms with Crippen molar-refractivity contribution in [3.05, 3.63) is 60.1 Å². The van der Waals surface area contributed by atoms with Gasteiger partial charge in [-0.2, -0.15) is 9.97 Å². The van der Waals surface area contributed by atoms with Gasteiger partial charge in [0.2, 0.25) is 11.8 Å². The molecule has 10 heteroatoms. The number of nitrogens with two attached hydrogens (primary N) is 1. The predicted octanol–water partition coefficient (Wildman–Crippen LogP) is 3.14. The van der Waals surface area contributed by atoms with E-state index in [1.165, 1.54) is 12.4 Å². The maximum absolute atomic E-state index is 6.04. The number of nitrogens with one attached hydrogen (secondary N) is 1. The summed E-state index contributed by atoms with van der Waals surface area (Å²) in [5, 5.41) is 3.23. The SMILES string of the molecule is CNc1cccc2c1Cc1nc(Oc3cnc(C)nc3)nc(Oc3cnc(N)nc3)c1-2. The summed E-state index contributed by atoms with van der Waals surface area (Å²) in [6.45, 7) is 1.80. The first-order valence-corrected chi connectivity index (χ1v) is 9.53. The molecule has 0 fully saturated rings. The molecule has 1 aliphatic carbocycles. The summed E-state index contributed by atoms with van der Waals surface area (Å²) in [7, 11) is 1.89. The number of hydrogen-bond acceptors (Lipinski definition) is 10. The average Bonchev–Trinajstić information content (AvgIpc) is 3.16. The minimum atomic E-state index is 0.136. The van der Waals surface area contributed by atoms with E-state index >= 15 is 0 Å². The van der Waals surface area contributed by atoms with Gasteiger partial charge < -0.3 is 20.5 Å². The number of benzene rings is 1. The molecule has 0 amide bonds. The Morgan fingerprint density at radius 1 is 0.935 bits per heavy atom. The number of nitrogens with zero attached hydrogens (tertiary/aromatic N) is 6. The summed E-state index contributed by atoms with van der Waals surface area (Å²) in [4.78, 5) is 25.4. The summed E-state index contributed by atoms with van der Waals surface area (Å²) in [5.41, 5.74) is 10.3. The summed E-state index contributed by atoms with van der Waals surface area (Å²) < 4.78 is 11.9. The van der Waals surface area contributed by atoms with E-state index in [1.54, 1.807) is 19.3 Å². The van der Waals surface area contributed by atoms with Crippen molar-refractivity contribution in [1.82, 2.24) is 29.9 Å². The molecule has 0 saturated carbocycles. The summed E-state index contributed by atoms with van der Waals surface area (Å²) >= 11 is 0. The number of rotatable bonds is 5. The van der Waals surface area contributed by atoms with Gasteiger partial charge >= 0.3 is 6.01 Å². The van der Waals surface area contributed by atoms with Crippen molar-refractivity contribution in [2.75, 3.05) is 18.1 Å². The highest BCUT2D eigenvalue weighted by molar-refractivity contribution is 5.84. The van der Waals surface area contributed by atoms with E-state index in [0.717, 1.165) is 28.1 Å². The molecule has 0 unspecified atom stereocenters. The number of aromatic nitrogens is 6. The Morgan fingerprint density at radius 3 is 2.39 bits per heavy atom. The topological polar surface area (TPSA) is 134 Å². The van der Waals surface area contributed by atoms with Crippen LogP contribution < -0.4 is 20.5 Å². The van der Waals surface area contributed by atoms with Crippen LogP contribution in [0.15, 0.2) is 43.0 Å². The molecule has 3 heterocycles. The van der Waals surface area contributed by atoms with Crippen molar-refractivity contribution in [2.24, 2.45) is 0 Å². The normalized spacial score (nSPS) is 11.5. The van der Waals surface area contributed by atoms with Crippen molar-refractivity contribution < 1.29 is 9.47 Å². The van der Waals surface area contributed by atoms with Gasteiger partial charge in [-0.25, -0.2) is 19.9 Å². The van der Waals surface area contributed by atoms with Crippen LogP contribution in [0.1, 0.15) is 17.1 Å². The molecule has 5 rings (SSSR count). The summed E-state index contributed by atoms with van der Waals surface area (Å²) in [6, 6.07) is 6.15. The van der Waals surface area contributed by atoms with E-state index in [4.69, 9.17) is 15.2 Å². The van der Waals surface area contributed by atoms with Crippen LogP contribution in [0.5, 0.6) is 23.4 Å². The van der Waals surface area contributed by atoms with Crippen molar-refractivity contribution in [3.8, 4) is 34.5 Å². The monoisotopic (exact) mass is 414 g/mol. The maximum Gasteiger partial charge on any atom is 0.325 e. The van der Waals surface area contributed by atoms with Crippen LogP contribution in [0, 0.1) is 6.92 Å². The third-order valence-electron chi connectivity index (χ3n) is 4.82. The molecule has 0 aliphatic heterocycles. The fourth-order valence-corrected chi connectivity index (χ4v) is 3.42. The maximum atomic E-state index is 6.04. The number of ether oxygens (including phenoxy) is 2. The standard InChI is InChI=1S/C21H18N8O2/c1-11-24-7-13(8-25-11)31-21-28-17-6-15-14(4-3-5-16(15)23-2)18(17)19(29-21)30-12-9-26-20(22)27-10-12/h3-5,7-10,23H,6H2,1-2H3,(H2,22,26,27). The van der Waals surface area contributed by atoms with Crippen LogP contribution in [0.4, 0.5) is 11.6 Å². The van der Waals surface area contributed by atoms with Crippen molar-refractivity contribution in [1.29, 1.82) is 0 Å². The number of nitrogen functional groups attached to an aromatic ring is 1. The molecule has 3 aromatic heterocycles. The second kappa shape index (κ2) is 7.48. The minimum Gasteiger partial charge on any atom is -0.435 e. The average molecular weight is 414 g/mol. The lowest BCUT2D eigenvalue weighted by Crippen LogP contribution is -2.01. The van der Waals surface area contributed by atoms with Crippen LogP contribution in [-0.4, -0.2) is 37.0 Å². The first-order chi connectivity index (χ1) is 15.1. The van der Waals surface area contributed by atoms with Crippen molar-refractivity contribution >= 4 is 11.6 Å². The lowest BCUT2D eigenvalue weighted by atomic mass is 10.1. The Bertz CT molecular complexity index is 1260. The van der Waals surface area contributed by atoms with Gasteiger partial charge in [0, 0.05) is 19.2 Å². The largest absolute Gasteiger partial charge is 0.435 e. The lowest BCUT2D eigenvalue weighted by molar-refractivity contribution is 0.407. The molecule has 3 N–H and O–H groups in total. The number of fused-ring (bicyclic) bond motifs is 3. The van der Waals surface area contributed by atoms with Gasteiger partial charge in [0.15, 0.2) is 11.5 Å². The lowest BCUT2D eigenvalue weighted by Gasteiger charge is -2.12. The zero-order valence-corrected chi connectivity index (χ0v) is 16.8. The molecule has 10 nitrogen and oxygen atoms in total. The number of hydrogen-bond donors (Lipinski definition) is 2. The van der Waals surface area contributed by atoms with Crippen LogP contribution in [0.25, 0.3) is 11.1 Å². The zero-order chi connectivity index (χ0) is 21.4. The van der Waals surface area contributed by atoms with Gasteiger partial charge in [0.1, 0.15) is 5.82 Å². The van der Waals surface area contributed by atoms with Gasteiger partial charge in [-0.15, -0.1) is 0 Å². The van der Waals surface area contributed by atoms with E-state index < -0.39 is 0 Å². The second-order valence-corrected chi connectivity index (χ2v) is 6.84. The van der Waals surface area contributed by atoms with Crippen LogP contribution in [0.3, 0.4) is 0 Å². The van der Waals surface area contributed by atoms with Gasteiger partial charge in [-0.3, -0.25) is 0 Å². The molecule has 0 radical (unpaired) electrons. The Labute approximate surface area is 177 Å². The molecule has 4 aromatic rings. The van der Waals surface area contributed by atoms with E-state index in [2.05, 4.69) is 35.2 Å². The van der Waals surface area contributed by atoms with Crippen molar-refractivity contribution in [2.45, 2.75) is 13.3 Å². The fourth-order valence-electron chi connectivity index (χ4n) is 3.42. The summed E-state index contributed by atoms with van der Waals surface area (Å²) in [5.74, 6) is 1.97. The molecule has 1 aromatic carbocycles. The Morgan fingerprint density at radius 2 is 1.65 bits per heavy atom. The quantitative estimate of drug-likeness (QED) is 0.441. The highest BCUT2D eigenvalue weighted by Gasteiger charge is 2.29. The highest BCUT2D eigenvalue weighted by Crippen LogP contribution is 2.45. The molecule has 154 valence electrons. The molecular weight excluding hydrogens is 396 g/mol. The van der Waals surface area contributed by atoms with Crippen LogP contribution in [0.2, 0.25) is 0 Å². The summed E-state index contributed by atoms with van der Waals surface area (Å²) in [6.07, 6.45) is 6.73. The molecule has 0 bridgehead atoms. The minimum absolute atomic E-state index is 0.136. The van der Waals surface area contributed by atoms with Gasteiger partial charge in [-0.05, 0) is 24.1 Å². The van der Waals surface area contributed by atoms with Crippen LogP contribution in [-0.2, 0) is 6.42 Å². The zero-order valence-electron chi connectivity index (χ0n) is 16.8.